The number of rotatable bonds is 7. The Hall–Kier alpha value is -3.24. The van der Waals surface area contributed by atoms with Gasteiger partial charge in [0.1, 0.15) is 6.04 Å². The number of hydrogen-bond donors (Lipinski definition) is 3. The van der Waals surface area contributed by atoms with Crippen LogP contribution in [0.5, 0.6) is 0 Å². The lowest BCUT2D eigenvalue weighted by Gasteiger charge is -2.51. The van der Waals surface area contributed by atoms with Gasteiger partial charge in [-0.15, -0.1) is 0 Å². The molecule has 2 atom stereocenters. The zero-order valence-corrected chi connectivity index (χ0v) is 21.6. The number of nitrogens with zero attached hydrogens (tertiary/aromatic N) is 2. The van der Waals surface area contributed by atoms with E-state index in [2.05, 4.69) is 34.8 Å². The summed E-state index contributed by atoms with van der Waals surface area (Å²) >= 11 is 0. The molecule has 0 bridgehead atoms. The summed E-state index contributed by atoms with van der Waals surface area (Å²) < 4.78 is 27.7. The van der Waals surface area contributed by atoms with Gasteiger partial charge in [0.25, 0.3) is 10.0 Å². The van der Waals surface area contributed by atoms with Crippen molar-refractivity contribution in [2.24, 2.45) is 5.41 Å². The van der Waals surface area contributed by atoms with Gasteiger partial charge in [0.2, 0.25) is 11.8 Å². The molecule has 0 radical (unpaired) electrons. The summed E-state index contributed by atoms with van der Waals surface area (Å²) in [5.74, 6) is -0.928. The molecule has 4 rings (SSSR count). The first kappa shape index (κ1) is 25.8. The van der Waals surface area contributed by atoms with Crippen molar-refractivity contribution in [3.63, 3.8) is 0 Å². The number of benzene rings is 1. The number of sulfonamides is 1. The average molecular weight is 512 g/mol. The Labute approximate surface area is 212 Å². The third kappa shape index (κ3) is 5.15. The Morgan fingerprint density at radius 2 is 1.97 bits per heavy atom. The highest BCUT2D eigenvalue weighted by atomic mass is 32.2. The normalized spacial score (nSPS) is 23.7. The molecule has 9 nitrogen and oxygen atoms in total. The molecule has 36 heavy (non-hydrogen) atoms. The quantitative estimate of drug-likeness (QED) is 0.522. The zero-order chi connectivity index (χ0) is 26.0. The summed E-state index contributed by atoms with van der Waals surface area (Å²) in [4.78, 5) is 30.6. The van der Waals surface area contributed by atoms with Crippen LogP contribution in [0.2, 0.25) is 0 Å². The highest BCUT2D eigenvalue weighted by Gasteiger charge is 2.48. The SMILES string of the molecule is Cc1ccc(S(=O)(=O)N2C=CNC(=O)[C@H]2CC(=O)N[C@]2(Cc3cccnc3)CCNCC2(C)C)cc1. The minimum atomic E-state index is -4.04. The molecular formula is C26H33N5O4S. The van der Waals surface area contributed by atoms with E-state index in [4.69, 9.17) is 0 Å². The Bertz CT molecular complexity index is 1240. The number of aromatic nitrogens is 1. The smallest absolute Gasteiger partial charge is 0.264 e. The Morgan fingerprint density at radius 3 is 2.64 bits per heavy atom. The number of amides is 2. The number of pyridine rings is 1. The van der Waals surface area contributed by atoms with Crippen LogP contribution in [-0.4, -0.2) is 54.2 Å². The zero-order valence-electron chi connectivity index (χ0n) is 20.8. The van der Waals surface area contributed by atoms with Crippen molar-refractivity contribution in [1.82, 2.24) is 25.2 Å². The van der Waals surface area contributed by atoms with Gasteiger partial charge in [-0.2, -0.15) is 0 Å². The van der Waals surface area contributed by atoms with Gasteiger partial charge in [0.15, 0.2) is 0 Å². The monoisotopic (exact) mass is 511 g/mol. The number of aryl methyl sites for hydroxylation is 1. The molecule has 0 saturated carbocycles. The summed E-state index contributed by atoms with van der Waals surface area (Å²) in [6.45, 7) is 7.49. The highest BCUT2D eigenvalue weighted by Crippen LogP contribution is 2.39. The van der Waals surface area contributed by atoms with Crippen molar-refractivity contribution in [2.75, 3.05) is 13.1 Å². The van der Waals surface area contributed by atoms with E-state index in [0.29, 0.717) is 19.4 Å². The number of nitrogens with one attached hydrogen (secondary N) is 3. The lowest BCUT2D eigenvalue weighted by atomic mass is 9.65. The lowest BCUT2D eigenvalue weighted by Crippen LogP contribution is -2.66. The summed E-state index contributed by atoms with van der Waals surface area (Å²) in [6.07, 6.45) is 7.03. The number of hydrogen-bond acceptors (Lipinski definition) is 6. The molecule has 1 saturated heterocycles. The van der Waals surface area contributed by atoms with Crippen molar-refractivity contribution in [3.05, 3.63) is 72.3 Å². The molecular weight excluding hydrogens is 478 g/mol. The number of carbonyl (C=O) groups excluding carboxylic acids is 2. The molecule has 3 N–H and O–H groups in total. The molecule has 2 aromatic rings. The van der Waals surface area contributed by atoms with E-state index in [-0.39, 0.29) is 22.6 Å². The van der Waals surface area contributed by atoms with Gasteiger partial charge in [-0.1, -0.05) is 37.6 Å². The maximum atomic E-state index is 13.5. The van der Waals surface area contributed by atoms with Gasteiger partial charge in [0, 0.05) is 36.8 Å². The van der Waals surface area contributed by atoms with Gasteiger partial charge >= 0.3 is 0 Å². The first-order chi connectivity index (χ1) is 17.0. The Kier molecular flexibility index (Phi) is 7.19. The topological polar surface area (TPSA) is 121 Å². The van der Waals surface area contributed by atoms with Crippen LogP contribution in [0.3, 0.4) is 0 Å². The predicted octanol–water partition coefficient (Wildman–Crippen LogP) is 1.86. The fourth-order valence-electron chi connectivity index (χ4n) is 4.93. The van der Waals surface area contributed by atoms with Crippen LogP contribution >= 0.6 is 0 Å². The second-order valence-electron chi connectivity index (χ2n) is 10.2. The van der Waals surface area contributed by atoms with Gasteiger partial charge in [-0.25, -0.2) is 8.42 Å². The van der Waals surface area contributed by atoms with Gasteiger partial charge in [0.05, 0.1) is 16.9 Å². The number of carbonyl (C=O) groups is 2. The van der Waals surface area contributed by atoms with Gasteiger partial charge in [-0.3, -0.25) is 18.9 Å². The molecule has 3 heterocycles. The molecule has 0 unspecified atom stereocenters. The van der Waals surface area contributed by atoms with Crippen LogP contribution in [0.1, 0.15) is 37.8 Å². The molecule has 2 aliphatic rings. The summed E-state index contributed by atoms with van der Waals surface area (Å²) in [5.41, 5.74) is 1.01. The standard InChI is InChI=1S/C26H33N5O4S/c1-19-6-8-21(9-7-19)36(34,35)31-14-13-29-24(33)22(31)15-23(32)30-26(10-12-28-18-25(26,2)3)16-20-5-4-11-27-17-20/h4-9,11,13-14,17,22,28H,10,12,15-16,18H2,1-3H3,(H,29,33)(H,30,32)/t22-,26+/m1/s1. The van der Waals surface area contributed by atoms with Crippen LogP contribution in [-0.2, 0) is 26.0 Å². The van der Waals surface area contributed by atoms with Crippen molar-refractivity contribution in [1.29, 1.82) is 0 Å². The van der Waals surface area contributed by atoms with Crippen molar-refractivity contribution in [2.45, 2.75) is 56.5 Å². The van der Waals surface area contributed by atoms with Crippen LogP contribution in [0.4, 0.5) is 0 Å². The van der Waals surface area contributed by atoms with E-state index < -0.39 is 27.5 Å². The maximum absolute atomic E-state index is 13.5. The molecule has 192 valence electrons. The minimum Gasteiger partial charge on any atom is -0.350 e. The van der Waals surface area contributed by atoms with E-state index in [1.54, 1.807) is 24.5 Å². The second-order valence-corrected chi connectivity index (χ2v) is 12.0. The molecule has 2 aliphatic heterocycles. The fraction of sp³-hybridized carbons (Fsp3) is 0.423. The van der Waals surface area contributed by atoms with Crippen molar-refractivity contribution in [3.8, 4) is 0 Å². The third-order valence-electron chi connectivity index (χ3n) is 7.23. The first-order valence-electron chi connectivity index (χ1n) is 12.0. The van der Waals surface area contributed by atoms with Gasteiger partial charge < -0.3 is 16.0 Å². The van der Waals surface area contributed by atoms with Crippen LogP contribution < -0.4 is 16.0 Å². The van der Waals surface area contributed by atoms with Crippen molar-refractivity contribution >= 4 is 21.8 Å². The van der Waals surface area contributed by atoms with Crippen LogP contribution in [0.15, 0.2) is 66.1 Å². The van der Waals surface area contributed by atoms with Crippen LogP contribution in [0.25, 0.3) is 0 Å². The van der Waals surface area contributed by atoms with E-state index in [9.17, 15) is 18.0 Å². The third-order valence-corrected chi connectivity index (χ3v) is 9.03. The average Bonchev–Trinajstić information content (AvgIpc) is 2.83. The molecule has 0 spiro atoms. The second kappa shape index (κ2) is 10.0. The molecule has 1 aromatic heterocycles. The Balaban J connectivity index is 1.60. The van der Waals surface area contributed by atoms with E-state index in [1.165, 1.54) is 24.5 Å². The summed E-state index contributed by atoms with van der Waals surface area (Å²) in [7, 11) is -4.04. The summed E-state index contributed by atoms with van der Waals surface area (Å²) in [5, 5.41) is 9.17. The van der Waals surface area contributed by atoms with E-state index >= 15 is 0 Å². The van der Waals surface area contributed by atoms with E-state index in [1.807, 2.05) is 19.1 Å². The van der Waals surface area contributed by atoms with Gasteiger partial charge in [-0.05, 0) is 50.1 Å². The highest BCUT2D eigenvalue weighted by molar-refractivity contribution is 7.89. The maximum Gasteiger partial charge on any atom is 0.264 e. The lowest BCUT2D eigenvalue weighted by molar-refractivity contribution is -0.131. The number of piperidine rings is 1. The van der Waals surface area contributed by atoms with Crippen molar-refractivity contribution < 1.29 is 18.0 Å². The van der Waals surface area contributed by atoms with E-state index in [0.717, 1.165) is 22.0 Å². The molecule has 10 heteroatoms. The molecule has 1 aromatic carbocycles. The van der Waals surface area contributed by atoms with Crippen LogP contribution in [0, 0.1) is 12.3 Å². The molecule has 0 aliphatic carbocycles. The molecule has 2 amide bonds. The predicted molar refractivity (Wildman–Crippen MR) is 136 cm³/mol. The molecule has 1 fully saturated rings. The fourth-order valence-corrected chi connectivity index (χ4v) is 6.38. The Morgan fingerprint density at radius 1 is 1.22 bits per heavy atom. The minimum absolute atomic E-state index is 0.0606. The largest absolute Gasteiger partial charge is 0.350 e. The summed E-state index contributed by atoms with van der Waals surface area (Å²) in [6, 6.07) is 9.04. The first-order valence-corrected chi connectivity index (χ1v) is 13.5.